The van der Waals surface area contributed by atoms with Crippen molar-refractivity contribution in [2.24, 2.45) is 23.2 Å². The maximum Gasteiger partial charge on any atom is 0.151 e. The number of hydrogen-bond acceptors (Lipinski definition) is 3. The summed E-state index contributed by atoms with van der Waals surface area (Å²) in [5.74, 6) is 1.27. The minimum Gasteiger partial charge on any atom is -0.299 e. The lowest BCUT2D eigenvalue weighted by Crippen LogP contribution is -2.49. The lowest BCUT2D eigenvalue weighted by molar-refractivity contribution is -0.124. The van der Waals surface area contributed by atoms with E-state index >= 15 is 0 Å². The van der Waals surface area contributed by atoms with Crippen molar-refractivity contribution in [3.05, 3.63) is 23.1 Å². The third kappa shape index (κ3) is 1.37. The molecule has 112 valence electrons. The Hall–Kier alpha value is -0.830. The first kappa shape index (κ1) is 13.8. The number of carbonyl (C=O) groups excluding carboxylic acids is 2. The van der Waals surface area contributed by atoms with Crippen LogP contribution in [0.25, 0.3) is 0 Å². The van der Waals surface area contributed by atoms with Crippen LogP contribution in [0.4, 0.5) is 0 Å². The highest BCUT2D eigenvalue weighted by molar-refractivity contribution is 8.04. The van der Waals surface area contributed by atoms with Crippen LogP contribution in [0.3, 0.4) is 0 Å². The summed E-state index contributed by atoms with van der Waals surface area (Å²) in [5.41, 5.74) is 1.24. The second-order valence-corrected chi connectivity index (χ2v) is 8.28. The van der Waals surface area contributed by atoms with Gasteiger partial charge in [0.05, 0.1) is 4.75 Å². The molecule has 2 fully saturated rings. The van der Waals surface area contributed by atoms with Crippen LogP contribution >= 0.6 is 11.8 Å². The molecule has 0 aromatic heterocycles. The topological polar surface area (TPSA) is 34.1 Å². The third-order valence-electron chi connectivity index (χ3n) is 6.42. The van der Waals surface area contributed by atoms with Gasteiger partial charge in [0.1, 0.15) is 5.78 Å². The van der Waals surface area contributed by atoms with Crippen LogP contribution in [-0.2, 0) is 9.59 Å². The molecule has 0 amide bonds. The standard InChI is InChI=1S/C18H22O2S/c1-3-4-5-12-10-17-11(2)15(19)8-13(17)9-16(20)18(17)14(12)6-7-21-18/h6-7,10-11,13-14H,3-5,8-9H2,1-2H3/t11-,13+,14+,17+,18-/m1/s1. The van der Waals surface area contributed by atoms with Gasteiger partial charge in [-0.2, -0.15) is 0 Å². The highest BCUT2D eigenvalue weighted by Gasteiger charge is 2.75. The van der Waals surface area contributed by atoms with Crippen LogP contribution < -0.4 is 0 Å². The fraction of sp³-hybridized carbons (Fsp3) is 0.667. The van der Waals surface area contributed by atoms with E-state index in [1.54, 1.807) is 11.8 Å². The highest BCUT2D eigenvalue weighted by Crippen LogP contribution is 2.73. The van der Waals surface area contributed by atoms with Crippen LogP contribution in [0.2, 0.25) is 0 Å². The maximum absolute atomic E-state index is 12.9. The van der Waals surface area contributed by atoms with E-state index in [0.29, 0.717) is 24.4 Å². The van der Waals surface area contributed by atoms with E-state index in [1.165, 1.54) is 18.4 Å². The van der Waals surface area contributed by atoms with Gasteiger partial charge >= 0.3 is 0 Å². The van der Waals surface area contributed by atoms with Crippen molar-refractivity contribution in [3.63, 3.8) is 0 Å². The SMILES string of the molecule is CCCCC1=C[C@@]23[C@@H](CC(=O)[C@H]2C)CC(=O)[C@@]32SC=C[C@@H]12. The van der Waals surface area contributed by atoms with Crippen molar-refractivity contribution in [1.82, 2.24) is 0 Å². The fourth-order valence-corrected chi connectivity index (χ4v) is 7.12. The summed E-state index contributed by atoms with van der Waals surface area (Å²) in [5, 5.41) is 2.13. The number of allylic oxidation sites excluding steroid dienone is 3. The molecule has 2 saturated carbocycles. The van der Waals surface area contributed by atoms with Gasteiger partial charge < -0.3 is 0 Å². The number of Topliss-reactive ketones (excluding diaryl/α,β-unsaturated/α-hetero) is 2. The summed E-state index contributed by atoms with van der Waals surface area (Å²) in [6.45, 7) is 4.27. The molecule has 0 aromatic carbocycles. The molecule has 1 heterocycles. The van der Waals surface area contributed by atoms with Gasteiger partial charge in [-0.25, -0.2) is 0 Å². The minimum absolute atomic E-state index is 0.00276. The van der Waals surface area contributed by atoms with Crippen molar-refractivity contribution >= 4 is 23.3 Å². The molecule has 4 aliphatic rings. The number of rotatable bonds is 3. The van der Waals surface area contributed by atoms with Crippen molar-refractivity contribution in [3.8, 4) is 0 Å². The number of carbonyl (C=O) groups is 2. The Kier molecular flexibility index (Phi) is 2.86. The van der Waals surface area contributed by atoms with Gasteiger partial charge in [-0.3, -0.25) is 9.59 Å². The second-order valence-electron chi connectivity index (χ2n) is 7.13. The lowest BCUT2D eigenvalue weighted by atomic mass is 9.68. The Labute approximate surface area is 130 Å². The van der Waals surface area contributed by atoms with E-state index in [4.69, 9.17) is 0 Å². The minimum atomic E-state index is -0.369. The summed E-state index contributed by atoms with van der Waals surface area (Å²) >= 11 is 1.71. The molecule has 4 rings (SSSR count). The molecule has 0 saturated heterocycles. The molecule has 3 aliphatic carbocycles. The Balaban J connectivity index is 1.87. The molecule has 1 aliphatic heterocycles. The van der Waals surface area contributed by atoms with Gasteiger partial charge in [-0.15, -0.1) is 11.8 Å². The van der Waals surface area contributed by atoms with Gasteiger partial charge in [0.25, 0.3) is 0 Å². The van der Waals surface area contributed by atoms with Gasteiger partial charge in [-0.05, 0) is 24.2 Å². The molecule has 0 N–H and O–H groups in total. The Morgan fingerprint density at radius 1 is 1.33 bits per heavy atom. The van der Waals surface area contributed by atoms with Crippen LogP contribution in [-0.4, -0.2) is 16.3 Å². The molecule has 5 atom stereocenters. The zero-order valence-corrected chi connectivity index (χ0v) is 13.5. The van der Waals surface area contributed by atoms with E-state index in [2.05, 4.69) is 31.4 Å². The van der Waals surface area contributed by atoms with Crippen molar-refractivity contribution < 1.29 is 9.59 Å². The zero-order valence-electron chi connectivity index (χ0n) is 12.7. The first-order chi connectivity index (χ1) is 10.1. The normalized spacial score (nSPS) is 46.8. The highest BCUT2D eigenvalue weighted by atomic mass is 32.2. The molecule has 0 unspecified atom stereocenters. The predicted octanol–water partition coefficient (Wildman–Crippen LogP) is 3.92. The summed E-state index contributed by atoms with van der Waals surface area (Å²) in [6, 6.07) is 0. The number of ketones is 2. The van der Waals surface area contributed by atoms with E-state index < -0.39 is 0 Å². The second kappa shape index (κ2) is 4.34. The predicted molar refractivity (Wildman–Crippen MR) is 84.9 cm³/mol. The maximum atomic E-state index is 12.9. The Morgan fingerprint density at radius 3 is 2.90 bits per heavy atom. The summed E-state index contributed by atoms with van der Waals surface area (Å²) in [6.07, 6.45) is 9.28. The van der Waals surface area contributed by atoms with Crippen molar-refractivity contribution in [2.75, 3.05) is 0 Å². The van der Waals surface area contributed by atoms with Gasteiger partial charge in [-0.1, -0.05) is 38.0 Å². The summed E-state index contributed by atoms with van der Waals surface area (Å²) in [7, 11) is 0. The molecule has 2 nitrogen and oxygen atoms in total. The van der Waals surface area contributed by atoms with Crippen LogP contribution in [0, 0.1) is 23.2 Å². The summed E-state index contributed by atoms with van der Waals surface area (Å²) in [4.78, 5) is 25.3. The Morgan fingerprint density at radius 2 is 2.14 bits per heavy atom. The molecule has 3 heteroatoms. The smallest absolute Gasteiger partial charge is 0.151 e. The number of thioether (sulfide) groups is 1. The molecule has 0 aromatic rings. The number of hydrogen-bond donors (Lipinski definition) is 0. The van der Waals surface area contributed by atoms with Gasteiger partial charge in [0, 0.05) is 30.1 Å². The molecular weight excluding hydrogens is 280 g/mol. The largest absolute Gasteiger partial charge is 0.299 e. The summed E-state index contributed by atoms with van der Waals surface area (Å²) < 4.78 is -0.369. The van der Waals surface area contributed by atoms with Crippen LogP contribution in [0.5, 0.6) is 0 Å². The van der Waals surface area contributed by atoms with Crippen molar-refractivity contribution in [1.29, 1.82) is 0 Å². The third-order valence-corrected chi connectivity index (χ3v) is 7.92. The van der Waals surface area contributed by atoms with E-state index in [1.807, 2.05) is 0 Å². The monoisotopic (exact) mass is 302 g/mol. The molecular formula is C18H22O2S. The van der Waals surface area contributed by atoms with Gasteiger partial charge in [0.15, 0.2) is 5.78 Å². The van der Waals surface area contributed by atoms with E-state index in [0.717, 1.165) is 6.42 Å². The van der Waals surface area contributed by atoms with Gasteiger partial charge in [0.2, 0.25) is 0 Å². The average Bonchev–Trinajstić information content (AvgIpc) is 3.11. The van der Waals surface area contributed by atoms with E-state index in [9.17, 15) is 9.59 Å². The number of unbranched alkanes of at least 4 members (excludes halogenated alkanes) is 1. The molecule has 2 spiro atoms. The van der Waals surface area contributed by atoms with Crippen LogP contribution in [0.1, 0.15) is 46.0 Å². The first-order valence-electron chi connectivity index (χ1n) is 8.20. The fourth-order valence-electron chi connectivity index (χ4n) is 5.48. The average molecular weight is 302 g/mol. The lowest BCUT2D eigenvalue weighted by Gasteiger charge is -2.41. The molecule has 21 heavy (non-hydrogen) atoms. The van der Waals surface area contributed by atoms with Crippen LogP contribution in [0.15, 0.2) is 23.1 Å². The Bertz CT molecular complexity index is 590. The molecule has 0 bridgehead atoms. The first-order valence-corrected chi connectivity index (χ1v) is 9.08. The molecule has 0 radical (unpaired) electrons. The van der Waals surface area contributed by atoms with Crippen molar-refractivity contribution in [2.45, 2.75) is 50.7 Å². The quantitative estimate of drug-likeness (QED) is 0.741. The van der Waals surface area contributed by atoms with E-state index in [-0.39, 0.29) is 27.9 Å². The zero-order chi connectivity index (χ0) is 14.8.